The van der Waals surface area contributed by atoms with E-state index < -0.39 is 0 Å². The van der Waals surface area contributed by atoms with Crippen LogP contribution in [-0.2, 0) is 0 Å². The van der Waals surface area contributed by atoms with E-state index >= 15 is 0 Å². The lowest BCUT2D eigenvalue weighted by atomic mass is 10.2. The zero-order valence-electron chi connectivity index (χ0n) is 10.6. The highest BCUT2D eigenvalue weighted by molar-refractivity contribution is 5.55. The van der Waals surface area contributed by atoms with Crippen molar-refractivity contribution >= 4 is 0 Å². The van der Waals surface area contributed by atoms with Crippen LogP contribution >= 0.6 is 0 Å². The van der Waals surface area contributed by atoms with E-state index in [1.807, 2.05) is 24.3 Å². The van der Waals surface area contributed by atoms with Crippen LogP contribution in [0.4, 0.5) is 0 Å². The Balaban J connectivity index is 2.18. The average Bonchev–Trinajstić information content (AvgIpc) is 2.89. The molecule has 0 radical (unpaired) electrons. The molecule has 5 nitrogen and oxygen atoms in total. The molecule has 0 saturated carbocycles. The van der Waals surface area contributed by atoms with Crippen LogP contribution in [0.5, 0.6) is 5.75 Å². The first-order valence-corrected chi connectivity index (χ1v) is 5.98. The molecule has 2 aromatic rings. The van der Waals surface area contributed by atoms with Crippen LogP contribution < -0.4 is 10.5 Å². The minimum Gasteiger partial charge on any atom is -0.497 e. The predicted molar refractivity (Wildman–Crippen MR) is 68.1 cm³/mol. The summed E-state index contributed by atoms with van der Waals surface area (Å²) in [5, 5.41) is 3.94. The van der Waals surface area contributed by atoms with Crippen LogP contribution in [0.2, 0.25) is 0 Å². The van der Waals surface area contributed by atoms with Crippen molar-refractivity contribution in [3.05, 3.63) is 30.2 Å². The topological polar surface area (TPSA) is 74.2 Å². The van der Waals surface area contributed by atoms with Gasteiger partial charge in [0.2, 0.25) is 11.7 Å². The van der Waals surface area contributed by atoms with E-state index in [4.69, 9.17) is 15.0 Å². The van der Waals surface area contributed by atoms with Crippen molar-refractivity contribution in [1.82, 2.24) is 10.1 Å². The number of methoxy groups -OCH3 is 1. The lowest BCUT2D eigenvalue weighted by Crippen LogP contribution is -2.09. The molecule has 0 aliphatic heterocycles. The molecule has 1 aromatic carbocycles. The van der Waals surface area contributed by atoms with Gasteiger partial charge in [0, 0.05) is 5.56 Å². The van der Waals surface area contributed by atoms with Gasteiger partial charge in [-0.3, -0.25) is 0 Å². The molecule has 0 spiro atoms. The van der Waals surface area contributed by atoms with E-state index in [9.17, 15) is 0 Å². The molecule has 0 fully saturated rings. The average molecular weight is 247 g/mol. The fourth-order valence-electron chi connectivity index (χ4n) is 1.68. The van der Waals surface area contributed by atoms with Gasteiger partial charge >= 0.3 is 0 Å². The highest BCUT2D eigenvalue weighted by atomic mass is 16.5. The molecule has 1 aromatic heterocycles. The van der Waals surface area contributed by atoms with Crippen LogP contribution in [0.15, 0.2) is 28.8 Å². The Morgan fingerprint density at radius 1 is 1.33 bits per heavy atom. The van der Waals surface area contributed by atoms with Gasteiger partial charge < -0.3 is 15.0 Å². The Bertz CT molecular complexity index is 493. The van der Waals surface area contributed by atoms with Gasteiger partial charge in [-0.15, -0.1) is 0 Å². The van der Waals surface area contributed by atoms with E-state index in [0.29, 0.717) is 11.7 Å². The molecule has 2 rings (SSSR count). The number of benzene rings is 1. The molecule has 0 amide bonds. The molecule has 0 unspecified atom stereocenters. The second-order valence-corrected chi connectivity index (χ2v) is 4.08. The molecule has 5 heteroatoms. The van der Waals surface area contributed by atoms with Crippen molar-refractivity contribution in [3.63, 3.8) is 0 Å². The summed E-state index contributed by atoms with van der Waals surface area (Å²) in [6.45, 7) is 2.07. The summed E-state index contributed by atoms with van der Waals surface area (Å²) in [5.74, 6) is 1.84. The summed E-state index contributed by atoms with van der Waals surface area (Å²) in [6, 6.07) is 7.31. The van der Waals surface area contributed by atoms with Crippen molar-refractivity contribution in [3.8, 4) is 17.1 Å². The maximum absolute atomic E-state index is 5.93. The zero-order chi connectivity index (χ0) is 13.0. The molecule has 96 valence electrons. The van der Waals surface area contributed by atoms with Crippen LogP contribution in [0.3, 0.4) is 0 Å². The zero-order valence-corrected chi connectivity index (χ0v) is 10.6. The van der Waals surface area contributed by atoms with Crippen molar-refractivity contribution < 1.29 is 9.26 Å². The largest absolute Gasteiger partial charge is 0.497 e. The summed E-state index contributed by atoms with van der Waals surface area (Å²) in [7, 11) is 1.63. The minimum absolute atomic E-state index is 0.186. The first kappa shape index (κ1) is 12.6. The maximum atomic E-state index is 5.93. The molecule has 2 N–H and O–H groups in total. The summed E-state index contributed by atoms with van der Waals surface area (Å²) >= 11 is 0. The fourth-order valence-corrected chi connectivity index (χ4v) is 1.68. The molecule has 1 heterocycles. The van der Waals surface area contributed by atoms with Gasteiger partial charge in [0.15, 0.2) is 0 Å². The summed E-state index contributed by atoms with van der Waals surface area (Å²) in [5.41, 5.74) is 6.81. The Hall–Kier alpha value is -1.88. The second-order valence-electron chi connectivity index (χ2n) is 4.08. The molecule has 0 aliphatic rings. The van der Waals surface area contributed by atoms with Crippen molar-refractivity contribution in [2.24, 2.45) is 5.73 Å². The quantitative estimate of drug-likeness (QED) is 0.878. The molecule has 18 heavy (non-hydrogen) atoms. The third-order valence-corrected chi connectivity index (χ3v) is 2.71. The lowest BCUT2D eigenvalue weighted by Gasteiger charge is -2.02. The highest BCUT2D eigenvalue weighted by Gasteiger charge is 2.14. The summed E-state index contributed by atoms with van der Waals surface area (Å²) in [6.07, 6.45) is 1.83. The lowest BCUT2D eigenvalue weighted by molar-refractivity contribution is 0.348. The number of aromatic nitrogens is 2. The van der Waals surface area contributed by atoms with Crippen LogP contribution in [-0.4, -0.2) is 17.3 Å². The molecule has 0 saturated heterocycles. The van der Waals surface area contributed by atoms with Gasteiger partial charge in [-0.05, 0) is 30.7 Å². The van der Waals surface area contributed by atoms with Gasteiger partial charge in [-0.1, -0.05) is 18.5 Å². The number of nitrogens with zero attached hydrogens (tertiary/aromatic N) is 2. The molecule has 1 atom stereocenters. The molecular weight excluding hydrogens is 230 g/mol. The number of hydrogen-bond acceptors (Lipinski definition) is 5. The minimum atomic E-state index is -0.186. The first-order valence-electron chi connectivity index (χ1n) is 5.98. The molecular formula is C13H17N3O2. The van der Waals surface area contributed by atoms with Gasteiger partial charge in [-0.25, -0.2) is 0 Å². The Kier molecular flexibility index (Phi) is 3.94. The van der Waals surface area contributed by atoms with E-state index in [1.54, 1.807) is 7.11 Å². The SMILES string of the molecule is CCC[C@H](N)c1nc(-c2ccc(OC)cc2)no1. The molecule has 0 aliphatic carbocycles. The monoisotopic (exact) mass is 247 g/mol. The third kappa shape index (κ3) is 2.68. The van der Waals surface area contributed by atoms with E-state index in [2.05, 4.69) is 17.1 Å². The standard InChI is InChI=1S/C13H17N3O2/c1-3-4-11(14)13-15-12(16-18-13)9-5-7-10(17-2)8-6-9/h5-8,11H,3-4,14H2,1-2H3/t11-/m0/s1. The van der Waals surface area contributed by atoms with Crippen molar-refractivity contribution in [2.75, 3.05) is 7.11 Å². The summed E-state index contributed by atoms with van der Waals surface area (Å²) < 4.78 is 10.3. The van der Waals surface area contributed by atoms with E-state index in [-0.39, 0.29) is 6.04 Å². The second kappa shape index (κ2) is 5.64. The Morgan fingerprint density at radius 3 is 2.67 bits per heavy atom. The smallest absolute Gasteiger partial charge is 0.243 e. The van der Waals surface area contributed by atoms with E-state index in [1.165, 1.54) is 0 Å². The van der Waals surface area contributed by atoms with E-state index in [0.717, 1.165) is 24.2 Å². The fraction of sp³-hybridized carbons (Fsp3) is 0.385. The number of nitrogens with two attached hydrogens (primary N) is 1. The van der Waals surface area contributed by atoms with Gasteiger partial charge in [0.05, 0.1) is 13.2 Å². The summed E-state index contributed by atoms with van der Waals surface area (Å²) in [4.78, 5) is 4.31. The van der Waals surface area contributed by atoms with Gasteiger partial charge in [0.1, 0.15) is 5.75 Å². The Labute approximate surface area is 106 Å². The number of ether oxygens (including phenoxy) is 1. The normalized spacial score (nSPS) is 12.4. The maximum Gasteiger partial charge on any atom is 0.243 e. The molecule has 0 bridgehead atoms. The highest BCUT2D eigenvalue weighted by Crippen LogP contribution is 2.22. The van der Waals surface area contributed by atoms with Crippen LogP contribution in [0.1, 0.15) is 31.7 Å². The van der Waals surface area contributed by atoms with Crippen molar-refractivity contribution in [2.45, 2.75) is 25.8 Å². The first-order chi connectivity index (χ1) is 8.74. The number of rotatable bonds is 5. The van der Waals surface area contributed by atoms with Crippen LogP contribution in [0, 0.1) is 0 Å². The van der Waals surface area contributed by atoms with Crippen LogP contribution in [0.25, 0.3) is 11.4 Å². The third-order valence-electron chi connectivity index (χ3n) is 2.71. The number of hydrogen-bond donors (Lipinski definition) is 1. The van der Waals surface area contributed by atoms with Crippen molar-refractivity contribution in [1.29, 1.82) is 0 Å². The predicted octanol–water partition coefficient (Wildman–Crippen LogP) is 2.55. The van der Waals surface area contributed by atoms with Gasteiger partial charge in [0.25, 0.3) is 0 Å². The Morgan fingerprint density at radius 2 is 2.06 bits per heavy atom. The van der Waals surface area contributed by atoms with Gasteiger partial charge in [-0.2, -0.15) is 4.98 Å².